The molecule has 0 saturated carbocycles. The lowest BCUT2D eigenvalue weighted by Crippen LogP contribution is -2.27. The summed E-state index contributed by atoms with van der Waals surface area (Å²) >= 11 is 0. The second-order valence-electron chi connectivity index (χ2n) is 10.1. The smallest absolute Gasteiger partial charge is 0.184 e. The molecule has 2 aromatic rings. The Labute approximate surface area is 180 Å². The fourth-order valence-corrected chi connectivity index (χ4v) is 3.84. The molecule has 1 saturated heterocycles. The molecule has 0 N–H and O–H groups in total. The third kappa shape index (κ3) is 5.58. The van der Waals surface area contributed by atoms with E-state index in [-0.39, 0.29) is 17.2 Å². The molecule has 1 aromatic carbocycles. The van der Waals surface area contributed by atoms with Gasteiger partial charge in [0.1, 0.15) is 11.6 Å². The van der Waals surface area contributed by atoms with Crippen LogP contribution in [0.1, 0.15) is 38.9 Å². The van der Waals surface area contributed by atoms with Crippen molar-refractivity contribution in [2.45, 2.75) is 39.7 Å². The highest BCUT2D eigenvalue weighted by Crippen LogP contribution is 2.28. The van der Waals surface area contributed by atoms with E-state index in [1.807, 2.05) is 29.7 Å². The average Bonchev–Trinajstić information content (AvgIpc) is 2.99. The first-order valence-electron chi connectivity index (χ1n) is 10.8. The fraction of sp³-hybridized carbons (Fsp3) is 0.652. The van der Waals surface area contributed by atoms with E-state index in [9.17, 15) is 4.39 Å². The lowest BCUT2D eigenvalue weighted by atomic mass is 9.92. The number of rotatable bonds is 5. The van der Waals surface area contributed by atoms with E-state index in [0.29, 0.717) is 11.4 Å². The number of benzene rings is 1. The van der Waals surface area contributed by atoms with Crippen LogP contribution >= 0.6 is 0 Å². The quantitative estimate of drug-likeness (QED) is 0.746. The van der Waals surface area contributed by atoms with Crippen LogP contribution in [0.4, 0.5) is 10.1 Å². The highest BCUT2D eigenvalue weighted by atomic mass is 19.1. The van der Waals surface area contributed by atoms with Gasteiger partial charge in [-0.1, -0.05) is 20.8 Å². The van der Waals surface area contributed by atoms with Gasteiger partial charge in [-0.2, -0.15) is 5.10 Å². The molecule has 0 atom stereocenters. The molecular formula is C23H37FN6. The standard InChI is InChI=1S/C23H37FN6/c1-23(2,3)10-11-30-22(17-15-28(6)12-13-29(7)16-17)25-21(26-30)19-9-8-18(27(4)5)14-20(19)24/h8-9,14,17H,10-13,15-16H2,1-7H3. The largest absolute Gasteiger partial charge is 0.378 e. The van der Waals surface area contributed by atoms with Gasteiger partial charge in [0.25, 0.3) is 0 Å². The molecule has 2 heterocycles. The van der Waals surface area contributed by atoms with Crippen molar-refractivity contribution in [3.63, 3.8) is 0 Å². The van der Waals surface area contributed by atoms with Crippen LogP contribution in [-0.4, -0.2) is 78.9 Å². The molecule has 30 heavy (non-hydrogen) atoms. The Morgan fingerprint density at radius 2 is 1.73 bits per heavy atom. The predicted molar refractivity (Wildman–Crippen MR) is 122 cm³/mol. The molecule has 166 valence electrons. The van der Waals surface area contributed by atoms with E-state index in [4.69, 9.17) is 10.1 Å². The van der Waals surface area contributed by atoms with Gasteiger partial charge in [0.15, 0.2) is 5.82 Å². The summed E-state index contributed by atoms with van der Waals surface area (Å²) in [5.74, 6) is 1.41. The Bertz CT molecular complexity index is 842. The third-order valence-electron chi connectivity index (χ3n) is 5.78. The molecule has 3 rings (SSSR count). The molecular weight excluding hydrogens is 379 g/mol. The Kier molecular flexibility index (Phi) is 6.82. The molecule has 6 nitrogen and oxygen atoms in total. The van der Waals surface area contributed by atoms with E-state index in [0.717, 1.165) is 50.7 Å². The van der Waals surface area contributed by atoms with Gasteiger partial charge in [-0.15, -0.1) is 0 Å². The first-order chi connectivity index (χ1) is 14.0. The molecule has 0 unspecified atom stereocenters. The lowest BCUT2D eigenvalue weighted by molar-refractivity contribution is 0.316. The Hall–Kier alpha value is -1.99. The summed E-state index contributed by atoms with van der Waals surface area (Å²) in [7, 11) is 8.13. The van der Waals surface area contributed by atoms with E-state index < -0.39 is 0 Å². The second kappa shape index (κ2) is 9.02. The summed E-state index contributed by atoms with van der Waals surface area (Å²) in [4.78, 5) is 11.5. The van der Waals surface area contributed by atoms with Gasteiger partial charge < -0.3 is 14.7 Å². The summed E-state index contributed by atoms with van der Waals surface area (Å²) in [5.41, 5.74) is 1.49. The van der Waals surface area contributed by atoms with Gasteiger partial charge in [0.2, 0.25) is 0 Å². The van der Waals surface area contributed by atoms with Crippen molar-refractivity contribution in [1.29, 1.82) is 0 Å². The number of aromatic nitrogens is 3. The van der Waals surface area contributed by atoms with Crippen molar-refractivity contribution in [3.05, 3.63) is 29.8 Å². The van der Waals surface area contributed by atoms with Crippen molar-refractivity contribution in [3.8, 4) is 11.4 Å². The van der Waals surface area contributed by atoms with Crippen molar-refractivity contribution < 1.29 is 4.39 Å². The first-order valence-corrected chi connectivity index (χ1v) is 10.8. The molecule has 0 radical (unpaired) electrons. The van der Waals surface area contributed by atoms with Crippen LogP contribution in [0.5, 0.6) is 0 Å². The molecule has 0 aliphatic carbocycles. The van der Waals surface area contributed by atoms with E-state index in [1.54, 1.807) is 12.1 Å². The van der Waals surface area contributed by atoms with Crippen LogP contribution in [0.2, 0.25) is 0 Å². The van der Waals surface area contributed by atoms with Crippen LogP contribution in [0.25, 0.3) is 11.4 Å². The molecule has 1 aliphatic heterocycles. The van der Waals surface area contributed by atoms with Gasteiger partial charge in [0, 0.05) is 58.4 Å². The number of halogens is 1. The van der Waals surface area contributed by atoms with Crippen LogP contribution in [0, 0.1) is 11.2 Å². The SMILES string of the molecule is CN1CCN(C)CC(c2nc(-c3ccc(N(C)C)cc3F)nn2CCC(C)(C)C)C1. The molecule has 1 fully saturated rings. The first kappa shape index (κ1) is 22.7. The van der Waals surface area contributed by atoms with E-state index in [1.165, 1.54) is 0 Å². The third-order valence-corrected chi connectivity index (χ3v) is 5.78. The predicted octanol–water partition coefficient (Wildman–Crippen LogP) is 3.55. The maximum absolute atomic E-state index is 14.9. The summed E-state index contributed by atoms with van der Waals surface area (Å²) in [5, 5.41) is 4.79. The van der Waals surface area contributed by atoms with Crippen molar-refractivity contribution in [2.75, 3.05) is 59.3 Å². The van der Waals surface area contributed by atoms with Crippen LogP contribution in [0.3, 0.4) is 0 Å². The maximum Gasteiger partial charge on any atom is 0.184 e. The summed E-state index contributed by atoms with van der Waals surface area (Å²) < 4.78 is 16.9. The number of aryl methyl sites for hydroxylation is 1. The monoisotopic (exact) mass is 416 g/mol. The van der Waals surface area contributed by atoms with Crippen LogP contribution in [0.15, 0.2) is 18.2 Å². The molecule has 0 spiro atoms. The number of likely N-dealkylation sites (N-methyl/N-ethyl adjacent to an activating group) is 2. The highest BCUT2D eigenvalue weighted by molar-refractivity contribution is 5.61. The van der Waals surface area contributed by atoms with Crippen LogP contribution in [-0.2, 0) is 6.54 Å². The number of anilines is 1. The van der Waals surface area contributed by atoms with Gasteiger partial charge in [-0.05, 0) is 44.1 Å². The maximum atomic E-state index is 14.9. The normalized spacial score (nSPS) is 17.3. The molecule has 1 aliphatic rings. The molecule has 7 heteroatoms. The van der Waals surface area contributed by atoms with Crippen molar-refractivity contribution in [2.24, 2.45) is 5.41 Å². The summed E-state index contributed by atoms with van der Waals surface area (Å²) in [6, 6.07) is 5.27. The minimum Gasteiger partial charge on any atom is -0.378 e. The summed E-state index contributed by atoms with van der Waals surface area (Å²) in [6.45, 7) is 11.4. The molecule has 0 bridgehead atoms. The van der Waals surface area contributed by atoms with Gasteiger partial charge >= 0.3 is 0 Å². The minimum absolute atomic E-state index is 0.193. The van der Waals surface area contributed by atoms with Crippen molar-refractivity contribution in [1.82, 2.24) is 24.6 Å². The molecule has 1 aromatic heterocycles. The lowest BCUT2D eigenvalue weighted by Gasteiger charge is -2.22. The van der Waals surface area contributed by atoms with Crippen molar-refractivity contribution >= 4 is 5.69 Å². The minimum atomic E-state index is -0.282. The fourth-order valence-electron chi connectivity index (χ4n) is 3.84. The Balaban J connectivity index is 1.99. The van der Waals surface area contributed by atoms with Gasteiger partial charge in [-0.3, -0.25) is 0 Å². The number of hydrogen-bond donors (Lipinski definition) is 0. The highest BCUT2D eigenvalue weighted by Gasteiger charge is 2.27. The Morgan fingerprint density at radius 3 is 2.27 bits per heavy atom. The average molecular weight is 417 g/mol. The molecule has 0 amide bonds. The van der Waals surface area contributed by atoms with E-state index >= 15 is 0 Å². The number of hydrogen-bond acceptors (Lipinski definition) is 5. The zero-order chi connectivity index (χ0) is 22.1. The van der Waals surface area contributed by atoms with Gasteiger partial charge in [0.05, 0.1) is 5.56 Å². The zero-order valence-electron chi connectivity index (χ0n) is 19.6. The van der Waals surface area contributed by atoms with Gasteiger partial charge in [-0.25, -0.2) is 14.1 Å². The Morgan fingerprint density at radius 1 is 1.10 bits per heavy atom. The number of nitrogens with zero attached hydrogens (tertiary/aromatic N) is 6. The summed E-state index contributed by atoms with van der Waals surface area (Å²) in [6.07, 6.45) is 0.989. The zero-order valence-corrected chi connectivity index (χ0v) is 19.6. The topological polar surface area (TPSA) is 40.4 Å². The van der Waals surface area contributed by atoms with E-state index in [2.05, 4.69) is 44.7 Å². The second-order valence-corrected chi connectivity index (χ2v) is 10.1. The van der Waals surface area contributed by atoms with Crippen LogP contribution < -0.4 is 4.90 Å².